The Kier molecular flexibility index (Phi) is 3.34. The van der Waals surface area contributed by atoms with Crippen molar-refractivity contribution in [2.24, 2.45) is 23.2 Å². The summed E-state index contributed by atoms with van der Waals surface area (Å²) in [6.45, 7) is 12.3. The van der Waals surface area contributed by atoms with Gasteiger partial charge in [-0.05, 0) is 53.0 Å². The molecule has 3 saturated carbocycles. The third-order valence-corrected chi connectivity index (χ3v) is 6.82. The van der Waals surface area contributed by atoms with Gasteiger partial charge in [0.1, 0.15) is 0 Å². The Hall–Kier alpha value is -0.600. The highest BCUT2D eigenvalue weighted by molar-refractivity contribution is 7.10. The van der Waals surface area contributed by atoms with Crippen LogP contribution < -0.4 is 5.32 Å². The van der Waals surface area contributed by atoms with Crippen molar-refractivity contribution >= 4 is 17.4 Å². The van der Waals surface area contributed by atoms with Crippen LogP contribution in [0.5, 0.6) is 0 Å². The Labute approximate surface area is 121 Å². The smallest absolute Gasteiger partial charge is 0.0308 e. The van der Waals surface area contributed by atoms with Gasteiger partial charge in [-0.15, -0.1) is 11.3 Å². The molecule has 0 aliphatic heterocycles. The minimum Gasteiger partial charge on any atom is -0.309 e. The molecule has 3 aliphatic rings. The van der Waals surface area contributed by atoms with Crippen molar-refractivity contribution in [1.82, 2.24) is 5.32 Å². The standard InChI is InChI=1S/C17H25NS/c1-5-12-6-7-19-16(12)10-18-15-9-13-8-14(11(15)2)17(13,3)4/h5-7,11,13-15,18H,1,8-10H2,2-4H3/t11-,13-,14+,15-/m1/s1. The molecule has 0 spiro atoms. The van der Waals surface area contributed by atoms with Crippen LogP contribution in [0.1, 0.15) is 44.1 Å². The Bertz CT molecular complexity index is 473. The van der Waals surface area contributed by atoms with Gasteiger partial charge in [0, 0.05) is 17.5 Å². The average Bonchev–Trinajstić information content (AvgIpc) is 2.84. The summed E-state index contributed by atoms with van der Waals surface area (Å²) in [7, 11) is 0. The van der Waals surface area contributed by atoms with Crippen LogP contribution in [0, 0.1) is 23.2 Å². The van der Waals surface area contributed by atoms with E-state index >= 15 is 0 Å². The molecule has 1 N–H and O–H groups in total. The first-order chi connectivity index (χ1) is 9.04. The van der Waals surface area contributed by atoms with Crippen LogP contribution in [0.3, 0.4) is 0 Å². The second-order valence-corrected chi connectivity index (χ2v) is 7.95. The lowest BCUT2D eigenvalue weighted by atomic mass is 9.45. The zero-order valence-electron chi connectivity index (χ0n) is 12.3. The topological polar surface area (TPSA) is 12.0 Å². The summed E-state index contributed by atoms with van der Waals surface area (Å²) in [5, 5.41) is 5.98. The molecule has 1 aromatic heterocycles. The van der Waals surface area contributed by atoms with E-state index in [0.717, 1.165) is 24.3 Å². The van der Waals surface area contributed by atoms with E-state index in [1.165, 1.54) is 23.3 Å². The van der Waals surface area contributed by atoms with E-state index in [2.05, 4.69) is 44.1 Å². The molecule has 3 fully saturated rings. The Morgan fingerprint density at radius 3 is 2.89 bits per heavy atom. The summed E-state index contributed by atoms with van der Waals surface area (Å²) in [4.78, 5) is 1.43. The fourth-order valence-corrected chi connectivity index (χ4v) is 5.15. The molecule has 0 unspecified atom stereocenters. The number of thiophene rings is 1. The van der Waals surface area contributed by atoms with Gasteiger partial charge in [-0.25, -0.2) is 0 Å². The highest BCUT2D eigenvalue weighted by Crippen LogP contribution is 2.61. The molecular formula is C17H25NS. The lowest BCUT2D eigenvalue weighted by Crippen LogP contribution is -2.59. The predicted molar refractivity (Wildman–Crippen MR) is 84.2 cm³/mol. The molecule has 4 atom stereocenters. The second-order valence-electron chi connectivity index (χ2n) is 6.95. The first-order valence-corrected chi connectivity index (χ1v) is 8.34. The molecule has 3 aliphatic carbocycles. The van der Waals surface area contributed by atoms with Gasteiger partial charge in [0.25, 0.3) is 0 Å². The van der Waals surface area contributed by atoms with Crippen molar-refractivity contribution < 1.29 is 0 Å². The van der Waals surface area contributed by atoms with Crippen molar-refractivity contribution in [3.05, 3.63) is 28.5 Å². The number of rotatable bonds is 4. The summed E-state index contributed by atoms with van der Waals surface area (Å²) in [5.41, 5.74) is 1.89. The lowest BCUT2D eigenvalue weighted by Gasteiger charge is -2.62. The fourth-order valence-electron chi connectivity index (χ4n) is 4.32. The normalized spacial score (nSPS) is 35.7. The molecule has 0 amide bonds. The molecule has 0 aromatic carbocycles. The van der Waals surface area contributed by atoms with E-state index in [0.29, 0.717) is 11.5 Å². The molecule has 104 valence electrons. The first-order valence-electron chi connectivity index (χ1n) is 7.46. The van der Waals surface area contributed by atoms with Crippen molar-refractivity contribution in [2.75, 3.05) is 0 Å². The molecule has 2 heteroatoms. The van der Waals surface area contributed by atoms with E-state index < -0.39 is 0 Å². The Morgan fingerprint density at radius 2 is 2.26 bits per heavy atom. The zero-order valence-corrected chi connectivity index (χ0v) is 13.1. The van der Waals surface area contributed by atoms with E-state index in [4.69, 9.17) is 0 Å². The van der Waals surface area contributed by atoms with Crippen LogP contribution in [0.4, 0.5) is 0 Å². The van der Waals surface area contributed by atoms with Crippen molar-refractivity contribution in [3.63, 3.8) is 0 Å². The van der Waals surface area contributed by atoms with Crippen LogP contribution in [-0.2, 0) is 6.54 Å². The van der Waals surface area contributed by atoms with Crippen LogP contribution in [0.15, 0.2) is 18.0 Å². The summed E-state index contributed by atoms with van der Waals surface area (Å²) in [6, 6.07) is 2.87. The summed E-state index contributed by atoms with van der Waals surface area (Å²) >= 11 is 1.84. The average molecular weight is 275 g/mol. The first kappa shape index (κ1) is 13.4. The van der Waals surface area contributed by atoms with Crippen LogP contribution in [0.2, 0.25) is 0 Å². The molecule has 0 radical (unpaired) electrons. The maximum Gasteiger partial charge on any atom is 0.0308 e. The van der Waals surface area contributed by atoms with Gasteiger partial charge in [0.05, 0.1) is 0 Å². The van der Waals surface area contributed by atoms with Gasteiger partial charge in [-0.1, -0.05) is 33.4 Å². The Morgan fingerprint density at radius 1 is 1.47 bits per heavy atom. The molecule has 1 aromatic rings. The van der Waals surface area contributed by atoms with Crippen LogP contribution in [-0.4, -0.2) is 6.04 Å². The molecule has 4 rings (SSSR count). The third-order valence-electron chi connectivity index (χ3n) is 5.88. The predicted octanol–water partition coefficient (Wildman–Crippen LogP) is 4.55. The SMILES string of the molecule is C=Cc1ccsc1CN[C@@H]1C[C@H]2C[C@@H]([C@H]1C)C2(C)C. The van der Waals surface area contributed by atoms with E-state index in [-0.39, 0.29) is 0 Å². The van der Waals surface area contributed by atoms with Gasteiger partial charge < -0.3 is 5.32 Å². The lowest BCUT2D eigenvalue weighted by molar-refractivity contribution is -0.115. The van der Waals surface area contributed by atoms with Crippen LogP contribution in [0.25, 0.3) is 6.08 Å². The molecule has 2 bridgehead atoms. The third kappa shape index (κ3) is 2.09. The van der Waals surface area contributed by atoms with Crippen LogP contribution >= 0.6 is 11.3 Å². The summed E-state index contributed by atoms with van der Waals surface area (Å²) < 4.78 is 0. The molecule has 19 heavy (non-hydrogen) atoms. The van der Waals surface area contributed by atoms with E-state index in [9.17, 15) is 0 Å². The van der Waals surface area contributed by atoms with Gasteiger partial charge in [-0.3, -0.25) is 0 Å². The van der Waals surface area contributed by atoms with Gasteiger partial charge in [0.2, 0.25) is 0 Å². The van der Waals surface area contributed by atoms with Crippen molar-refractivity contribution in [1.29, 1.82) is 0 Å². The van der Waals surface area contributed by atoms with Crippen molar-refractivity contribution in [3.8, 4) is 0 Å². The minimum atomic E-state index is 0.590. The largest absolute Gasteiger partial charge is 0.309 e. The number of hydrogen-bond donors (Lipinski definition) is 1. The summed E-state index contributed by atoms with van der Waals surface area (Å²) in [6.07, 6.45) is 4.79. The van der Waals surface area contributed by atoms with Crippen molar-refractivity contribution in [2.45, 2.75) is 46.2 Å². The van der Waals surface area contributed by atoms with E-state index in [1.54, 1.807) is 0 Å². The molecular weight excluding hydrogens is 250 g/mol. The molecule has 1 nitrogen and oxygen atoms in total. The molecule has 0 saturated heterocycles. The zero-order chi connectivity index (χ0) is 13.6. The number of fused-ring (bicyclic) bond motifs is 2. The summed E-state index contributed by atoms with van der Waals surface area (Å²) in [5.74, 6) is 2.67. The quantitative estimate of drug-likeness (QED) is 0.850. The van der Waals surface area contributed by atoms with Gasteiger partial charge >= 0.3 is 0 Å². The fraction of sp³-hybridized carbons (Fsp3) is 0.647. The maximum absolute atomic E-state index is 3.89. The van der Waals surface area contributed by atoms with Gasteiger partial charge in [0.15, 0.2) is 0 Å². The second kappa shape index (κ2) is 4.75. The molecule has 1 heterocycles. The van der Waals surface area contributed by atoms with Gasteiger partial charge in [-0.2, -0.15) is 0 Å². The highest BCUT2D eigenvalue weighted by atomic mass is 32.1. The number of nitrogens with one attached hydrogen (secondary N) is 1. The monoisotopic (exact) mass is 275 g/mol. The maximum atomic E-state index is 3.89. The number of hydrogen-bond acceptors (Lipinski definition) is 2. The minimum absolute atomic E-state index is 0.590. The highest BCUT2D eigenvalue weighted by Gasteiger charge is 2.55. The Balaban J connectivity index is 1.62. The van der Waals surface area contributed by atoms with E-state index in [1.807, 2.05) is 17.4 Å².